The number of nitrogens with zero attached hydrogens (tertiary/aromatic N) is 2. The number of carbonyl (C=O) groups is 2. The first-order valence-corrected chi connectivity index (χ1v) is 13.1. The van der Waals surface area contributed by atoms with Gasteiger partial charge in [0, 0.05) is 16.0 Å². The number of benzene rings is 2. The third-order valence-electron chi connectivity index (χ3n) is 5.89. The highest BCUT2D eigenvalue weighted by molar-refractivity contribution is 8.26. The quantitative estimate of drug-likeness (QED) is 0.184. The SMILES string of the molecule is CC[C@H](C)[C@@H](C(=O)O)N1C(=O)/C(=C/c2cc3cc(OCc4cccc(Cl)c4)ccc3nc2Cl)SC1=S. The summed E-state index contributed by atoms with van der Waals surface area (Å²) in [7, 11) is 0. The summed E-state index contributed by atoms with van der Waals surface area (Å²) in [5.41, 5.74) is 2.13. The molecule has 1 aromatic heterocycles. The van der Waals surface area contributed by atoms with Crippen molar-refractivity contribution in [2.24, 2.45) is 5.92 Å². The maximum atomic E-state index is 13.2. The number of aromatic nitrogens is 1. The molecule has 0 unspecified atom stereocenters. The molecule has 186 valence electrons. The fourth-order valence-electron chi connectivity index (χ4n) is 3.82. The normalized spacial score (nSPS) is 16.6. The van der Waals surface area contributed by atoms with Crippen LogP contribution in [0.15, 0.2) is 53.4 Å². The van der Waals surface area contributed by atoms with Gasteiger partial charge >= 0.3 is 5.97 Å². The van der Waals surface area contributed by atoms with Crippen LogP contribution in [0.1, 0.15) is 31.4 Å². The molecule has 0 aliphatic carbocycles. The monoisotopic (exact) mass is 560 g/mol. The van der Waals surface area contributed by atoms with Crippen LogP contribution in [0.3, 0.4) is 0 Å². The fourth-order valence-corrected chi connectivity index (χ4v) is 5.56. The minimum absolute atomic E-state index is 0.209. The lowest BCUT2D eigenvalue weighted by molar-refractivity contribution is -0.147. The summed E-state index contributed by atoms with van der Waals surface area (Å²) >= 11 is 18.9. The number of thioether (sulfide) groups is 1. The first-order valence-electron chi connectivity index (χ1n) is 11.1. The number of rotatable bonds is 8. The van der Waals surface area contributed by atoms with Gasteiger partial charge < -0.3 is 9.84 Å². The molecule has 1 aliphatic rings. The third kappa shape index (κ3) is 5.67. The van der Waals surface area contributed by atoms with E-state index in [4.69, 9.17) is 40.2 Å². The van der Waals surface area contributed by atoms with Gasteiger partial charge in [0.2, 0.25) is 0 Å². The van der Waals surface area contributed by atoms with E-state index < -0.39 is 17.9 Å². The number of fused-ring (bicyclic) bond motifs is 1. The molecule has 1 aliphatic heterocycles. The summed E-state index contributed by atoms with van der Waals surface area (Å²) in [4.78, 5) is 31.0. The Kier molecular flexibility index (Phi) is 8.20. The van der Waals surface area contributed by atoms with Crippen LogP contribution >= 0.6 is 47.2 Å². The van der Waals surface area contributed by atoms with Crippen LogP contribution in [-0.2, 0) is 16.2 Å². The van der Waals surface area contributed by atoms with E-state index >= 15 is 0 Å². The molecule has 3 aromatic rings. The summed E-state index contributed by atoms with van der Waals surface area (Å²) in [6.45, 7) is 4.02. The van der Waals surface area contributed by atoms with Gasteiger partial charge in [0.25, 0.3) is 5.91 Å². The van der Waals surface area contributed by atoms with Crippen LogP contribution in [0.2, 0.25) is 10.2 Å². The number of carboxylic acids is 1. The number of pyridine rings is 1. The number of halogens is 2. The molecule has 36 heavy (non-hydrogen) atoms. The first-order chi connectivity index (χ1) is 17.2. The number of aliphatic carboxylic acids is 1. The van der Waals surface area contributed by atoms with E-state index in [1.165, 1.54) is 4.90 Å². The minimum atomic E-state index is -1.09. The fraction of sp³-hybridized carbons (Fsp3) is 0.231. The molecular weight excluding hydrogens is 539 g/mol. The number of amides is 1. The van der Waals surface area contributed by atoms with E-state index in [0.29, 0.717) is 39.8 Å². The van der Waals surface area contributed by atoms with E-state index in [0.717, 1.165) is 22.7 Å². The average molecular weight is 562 g/mol. The van der Waals surface area contributed by atoms with Crippen LogP contribution in [0.25, 0.3) is 17.0 Å². The molecule has 2 heterocycles. The van der Waals surface area contributed by atoms with Crippen LogP contribution in [0.5, 0.6) is 5.75 Å². The molecule has 2 atom stereocenters. The van der Waals surface area contributed by atoms with E-state index in [-0.39, 0.29) is 15.4 Å². The lowest BCUT2D eigenvalue weighted by Gasteiger charge is -2.27. The van der Waals surface area contributed by atoms with Crippen molar-refractivity contribution in [1.29, 1.82) is 0 Å². The van der Waals surface area contributed by atoms with Crippen molar-refractivity contribution in [3.05, 3.63) is 74.7 Å². The Morgan fingerprint density at radius 3 is 2.72 bits per heavy atom. The number of carboxylic acid groups (broad SMARTS) is 1. The van der Waals surface area contributed by atoms with Crippen molar-refractivity contribution >= 4 is 80.4 Å². The maximum Gasteiger partial charge on any atom is 0.327 e. The summed E-state index contributed by atoms with van der Waals surface area (Å²) in [5, 5.41) is 11.4. The largest absolute Gasteiger partial charge is 0.489 e. The van der Waals surface area contributed by atoms with Crippen molar-refractivity contribution in [2.75, 3.05) is 0 Å². The minimum Gasteiger partial charge on any atom is -0.489 e. The zero-order valence-electron chi connectivity index (χ0n) is 19.4. The second-order valence-corrected chi connectivity index (χ2v) is 10.8. The Morgan fingerprint density at radius 1 is 1.25 bits per heavy atom. The van der Waals surface area contributed by atoms with Crippen LogP contribution in [0, 0.1) is 5.92 Å². The Hall–Kier alpha value is -2.65. The van der Waals surface area contributed by atoms with E-state index in [1.54, 1.807) is 25.1 Å². The molecule has 0 radical (unpaired) electrons. The number of thiocarbonyl (C=S) groups is 1. The Bertz CT molecular complexity index is 1400. The van der Waals surface area contributed by atoms with Crippen molar-refractivity contribution in [2.45, 2.75) is 32.9 Å². The van der Waals surface area contributed by atoms with Crippen LogP contribution < -0.4 is 4.74 Å². The topological polar surface area (TPSA) is 79.7 Å². The Morgan fingerprint density at radius 2 is 2.03 bits per heavy atom. The van der Waals surface area contributed by atoms with Gasteiger partial charge in [0.15, 0.2) is 0 Å². The van der Waals surface area contributed by atoms with Gasteiger partial charge in [-0.05, 0) is 54.0 Å². The molecule has 0 bridgehead atoms. The van der Waals surface area contributed by atoms with Crippen molar-refractivity contribution in [3.63, 3.8) is 0 Å². The molecule has 1 N–H and O–H groups in total. The molecule has 0 saturated carbocycles. The zero-order chi connectivity index (χ0) is 26.0. The van der Waals surface area contributed by atoms with Crippen LogP contribution in [-0.4, -0.2) is 37.2 Å². The maximum absolute atomic E-state index is 13.2. The van der Waals surface area contributed by atoms with Gasteiger partial charge in [-0.25, -0.2) is 9.78 Å². The first kappa shape index (κ1) is 26.4. The van der Waals surface area contributed by atoms with Crippen molar-refractivity contribution in [3.8, 4) is 5.75 Å². The molecule has 0 spiro atoms. The van der Waals surface area contributed by atoms with E-state index in [2.05, 4.69) is 4.98 Å². The van der Waals surface area contributed by atoms with Gasteiger partial charge in [-0.1, -0.05) is 79.6 Å². The molecule has 6 nitrogen and oxygen atoms in total. The number of ether oxygens (including phenoxy) is 1. The highest BCUT2D eigenvalue weighted by Gasteiger charge is 2.42. The second-order valence-electron chi connectivity index (χ2n) is 8.36. The molecule has 1 amide bonds. The highest BCUT2D eigenvalue weighted by atomic mass is 35.5. The van der Waals surface area contributed by atoms with Gasteiger partial charge in [0.1, 0.15) is 27.9 Å². The smallest absolute Gasteiger partial charge is 0.327 e. The molecule has 4 rings (SSSR count). The van der Waals surface area contributed by atoms with Gasteiger partial charge in [-0.2, -0.15) is 0 Å². The van der Waals surface area contributed by atoms with Crippen molar-refractivity contribution < 1.29 is 19.4 Å². The lowest BCUT2D eigenvalue weighted by atomic mass is 9.98. The number of hydrogen-bond donors (Lipinski definition) is 1. The molecule has 1 fully saturated rings. The lowest BCUT2D eigenvalue weighted by Crippen LogP contribution is -2.47. The second kappa shape index (κ2) is 11.2. The predicted octanol–water partition coefficient (Wildman–Crippen LogP) is 6.82. The summed E-state index contributed by atoms with van der Waals surface area (Å²) in [5.74, 6) is -1.16. The molecule has 2 aromatic carbocycles. The number of hydrogen-bond acceptors (Lipinski definition) is 6. The van der Waals surface area contributed by atoms with E-state index in [9.17, 15) is 14.7 Å². The van der Waals surface area contributed by atoms with Crippen molar-refractivity contribution in [1.82, 2.24) is 9.88 Å². The zero-order valence-corrected chi connectivity index (χ0v) is 22.5. The molecular formula is C26H22Cl2N2O4S2. The van der Waals surface area contributed by atoms with Crippen LogP contribution in [0.4, 0.5) is 0 Å². The van der Waals surface area contributed by atoms with Gasteiger partial charge in [-0.3, -0.25) is 9.69 Å². The predicted molar refractivity (Wildman–Crippen MR) is 148 cm³/mol. The average Bonchev–Trinajstić information content (AvgIpc) is 3.11. The standard InChI is InChI=1S/C26H22Cl2N2O4S2/c1-3-14(2)22(25(32)33)30-24(31)21(36-26(30)35)12-17-10-16-11-19(7-8-20(16)29-23(17)28)34-13-15-5-4-6-18(27)9-15/h4-12,14,22H,3,13H2,1-2H3,(H,32,33)/b21-12-/t14-,22-/m0/s1. The number of carbonyl (C=O) groups excluding carboxylic acids is 1. The summed E-state index contributed by atoms with van der Waals surface area (Å²) < 4.78 is 6.12. The Balaban J connectivity index is 1.61. The van der Waals surface area contributed by atoms with Gasteiger partial charge in [0.05, 0.1) is 10.4 Å². The third-order valence-corrected chi connectivity index (χ3v) is 7.75. The Labute approximate surface area is 228 Å². The van der Waals surface area contributed by atoms with E-state index in [1.807, 2.05) is 43.3 Å². The van der Waals surface area contributed by atoms with Gasteiger partial charge in [-0.15, -0.1) is 0 Å². The molecule has 10 heteroatoms. The molecule has 1 saturated heterocycles. The summed E-state index contributed by atoms with van der Waals surface area (Å²) in [6, 6.07) is 13.7. The highest BCUT2D eigenvalue weighted by Crippen LogP contribution is 2.37. The summed E-state index contributed by atoms with van der Waals surface area (Å²) in [6.07, 6.45) is 2.19.